The molecule has 0 saturated heterocycles. The molecule has 0 aromatic heterocycles. The molecule has 88 valence electrons. The van der Waals surface area contributed by atoms with Gasteiger partial charge in [-0.3, -0.25) is 0 Å². The van der Waals surface area contributed by atoms with Crippen molar-refractivity contribution in [2.24, 2.45) is 5.92 Å². The molecule has 1 aliphatic heterocycles. The van der Waals surface area contributed by atoms with E-state index in [1.807, 2.05) is 18.2 Å². The Morgan fingerprint density at radius 1 is 1.44 bits per heavy atom. The number of hydrogen-bond donors (Lipinski definition) is 1. The van der Waals surface area contributed by atoms with Crippen molar-refractivity contribution >= 4 is 0 Å². The summed E-state index contributed by atoms with van der Waals surface area (Å²) in [5.41, 5.74) is 1.23. The molecule has 0 aliphatic carbocycles. The largest absolute Gasteiger partial charge is 0.493 e. The fourth-order valence-corrected chi connectivity index (χ4v) is 2.25. The summed E-state index contributed by atoms with van der Waals surface area (Å²) in [6.45, 7) is 2.81. The van der Waals surface area contributed by atoms with E-state index in [1.165, 1.54) is 5.56 Å². The molecule has 16 heavy (non-hydrogen) atoms. The quantitative estimate of drug-likeness (QED) is 0.845. The van der Waals surface area contributed by atoms with Gasteiger partial charge in [-0.2, -0.15) is 0 Å². The number of aliphatic hydroxyl groups is 1. The highest BCUT2D eigenvalue weighted by atomic mass is 16.5. The summed E-state index contributed by atoms with van der Waals surface area (Å²) in [7, 11) is 0. The van der Waals surface area contributed by atoms with Gasteiger partial charge in [0.2, 0.25) is 0 Å². The van der Waals surface area contributed by atoms with Crippen LogP contribution in [0.4, 0.5) is 0 Å². The van der Waals surface area contributed by atoms with Crippen LogP contribution in [-0.2, 0) is 6.42 Å². The van der Waals surface area contributed by atoms with Crippen molar-refractivity contribution in [1.82, 2.24) is 0 Å². The second-order valence-corrected chi connectivity index (χ2v) is 4.59. The maximum atomic E-state index is 10.1. The van der Waals surface area contributed by atoms with Crippen LogP contribution in [0.15, 0.2) is 24.3 Å². The lowest BCUT2D eigenvalue weighted by Crippen LogP contribution is -2.31. The second-order valence-electron chi connectivity index (χ2n) is 4.59. The topological polar surface area (TPSA) is 29.5 Å². The zero-order valence-corrected chi connectivity index (χ0v) is 9.86. The SMILES string of the molecule is CCCCC(O)C1COc2ccccc2C1. The Morgan fingerprint density at radius 2 is 2.25 bits per heavy atom. The first-order valence-electron chi connectivity index (χ1n) is 6.20. The normalized spacial score (nSPS) is 21.0. The third-order valence-corrected chi connectivity index (χ3v) is 3.31. The molecule has 1 heterocycles. The minimum absolute atomic E-state index is 0.215. The molecule has 1 aromatic carbocycles. The van der Waals surface area contributed by atoms with Gasteiger partial charge >= 0.3 is 0 Å². The number of aliphatic hydroxyl groups excluding tert-OH is 1. The van der Waals surface area contributed by atoms with Gasteiger partial charge < -0.3 is 9.84 Å². The van der Waals surface area contributed by atoms with E-state index in [2.05, 4.69) is 13.0 Å². The Hall–Kier alpha value is -1.02. The number of benzene rings is 1. The summed E-state index contributed by atoms with van der Waals surface area (Å²) < 4.78 is 5.68. The molecular formula is C14H20O2. The monoisotopic (exact) mass is 220 g/mol. The Bertz CT molecular complexity index is 335. The molecule has 0 spiro atoms. The lowest BCUT2D eigenvalue weighted by atomic mass is 9.90. The van der Waals surface area contributed by atoms with E-state index in [0.29, 0.717) is 6.61 Å². The number of rotatable bonds is 4. The van der Waals surface area contributed by atoms with Gasteiger partial charge in [0, 0.05) is 5.92 Å². The van der Waals surface area contributed by atoms with Gasteiger partial charge in [0.1, 0.15) is 5.75 Å². The molecule has 0 fully saturated rings. The lowest BCUT2D eigenvalue weighted by molar-refractivity contribution is 0.0571. The smallest absolute Gasteiger partial charge is 0.122 e. The van der Waals surface area contributed by atoms with Crippen LogP contribution >= 0.6 is 0 Å². The van der Waals surface area contributed by atoms with E-state index in [-0.39, 0.29) is 12.0 Å². The average Bonchev–Trinajstić information content (AvgIpc) is 2.35. The van der Waals surface area contributed by atoms with Gasteiger partial charge in [0.15, 0.2) is 0 Å². The highest BCUT2D eigenvalue weighted by molar-refractivity contribution is 5.35. The number of para-hydroxylation sites is 1. The molecule has 1 N–H and O–H groups in total. The van der Waals surface area contributed by atoms with E-state index in [4.69, 9.17) is 4.74 Å². The molecule has 2 heteroatoms. The molecule has 0 radical (unpaired) electrons. The molecule has 2 rings (SSSR count). The molecule has 1 aliphatic rings. The van der Waals surface area contributed by atoms with Gasteiger partial charge in [-0.05, 0) is 24.5 Å². The standard InChI is InChI=1S/C14H20O2/c1-2-3-7-13(15)12-9-11-6-4-5-8-14(11)16-10-12/h4-6,8,12-13,15H,2-3,7,9-10H2,1H3. The van der Waals surface area contributed by atoms with E-state index < -0.39 is 0 Å². The van der Waals surface area contributed by atoms with Crippen molar-refractivity contribution in [3.63, 3.8) is 0 Å². The van der Waals surface area contributed by atoms with Crippen LogP contribution in [0.3, 0.4) is 0 Å². The highest BCUT2D eigenvalue weighted by Gasteiger charge is 2.25. The van der Waals surface area contributed by atoms with Crippen molar-refractivity contribution in [2.75, 3.05) is 6.61 Å². The molecule has 0 amide bonds. The molecule has 2 unspecified atom stereocenters. The Kier molecular flexibility index (Phi) is 3.83. The minimum atomic E-state index is -0.215. The van der Waals surface area contributed by atoms with Gasteiger partial charge in [0.25, 0.3) is 0 Å². The first-order chi connectivity index (χ1) is 7.81. The molecule has 2 atom stereocenters. The number of unbranched alkanes of at least 4 members (excludes halogenated alkanes) is 1. The zero-order valence-electron chi connectivity index (χ0n) is 9.86. The van der Waals surface area contributed by atoms with Crippen molar-refractivity contribution in [3.8, 4) is 5.75 Å². The van der Waals surface area contributed by atoms with Crippen LogP contribution in [-0.4, -0.2) is 17.8 Å². The molecule has 0 saturated carbocycles. The fraction of sp³-hybridized carbons (Fsp3) is 0.571. The molecule has 2 nitrogen and oxygen atoms in total. The van der Waals surface area contributed by atoms with Gasteiger partial charge in [-0.1, -0.05) is 38.0 Å². The Morgan fingerprint density at radius 3 is 3.06 bits per heavy atom. The highest BCUT2D eigenvalue weighted by Crippen LogP contribution is 2.29. The van der Waals surface area contributed by atoms with Crippen LogP contribution in [0, 0.1) is 5.92 Å². The first kappa shape index (κ1) is 11.5. The second kappa shape index (κ2) is 5.35. The summed E-state index contributed by atoms with van der Waals surface area (Å²) in [6, 6.07) is 8.12. The first-order valence-corrected chi connectivity index (χ1v) is 6.20. The predicted octanol–water partition coefficient (Wildman–Crippen LogP) is 2.79. The summed E-state index contributed by atoms with van der Waals surface area (Å²) in [5.74, 6) is 1.25. The maximum absolute atomic E-state index is 10.1. The maximum Gasteiger partial charge on any atom is 0.122 e. The van der Waals surface area contributed by atoms with Gasteiger partial charge in [0.05, 0.1) is 12.7 Å². The Balaban J connectivity index is 1.97. The summed E-state index contributed by atoms with van der Waals surface area (Å²) in [6.07, 6.45) is 3.86. The van der Waals surface area contributed by atoms with E-state index >= 15 is 0 Å². The van der Waals surface area contributed by atoms with Gasteiger partial charge in [-0.25, -0.2) is 0 Å². The summed E-state index contributed by atoms with van der Waals surface area (Å²) in [4.78, 5) is 0. The fourth-order valence-electron chi connectivity index (χ4n) is 2.25. The van der Waals surface area contributed by atoms with Crippen LogP contribution < -0.4 is 4.74 Å². The van der Waals surface area contributed by atoms with E-state index in [1.54, 1.807) is 0 Å². The lowest BCUT2D eigenvalue weighted by Gasteiger charge is -2.28. The molecular weight excluding hydrogens is 200 g/mol. The predicted molar refractivity (Wildman–Crippen MR) is 64.7 cm³/mol. The summed E-state index contributed by atoms with van der Waals surface area (Å²) >= 11 is 0. The zero-order chi connectivity index (χ0) is 11.4. The van der Waals surface area contributed by atoms with Crippen molar-refractivity contribution in [1.29, 1.82) is 0 Å². The summed E-state index contributed by atoms with van der Waals surface area (Å²) in [5, 5.41) is 10.1. The Labute approximate surface area is 97.3 Å². The van der Waals surface area contributed by atoms with Crippen molar-refractivity contribution in [2.45, 2.75) is 38.7 Å². The number of fused-ring (bicyclic) bond motifs is 1. The molecule has 1 aromatic rings. The van der Waals surface area contributed by atoms with E-state index in [9.17, 15) is 5.11 Å². The van der Waals surface area contributed by atoms with Crippen LogP contribution in [0.25, 0.3) is 0 Å². The number of ether oxygens (including phenoxy) is 1. The van der Waals surface area contributed by atoms with E-state index in [0.717, 1.165) is 31.4 Å². The molecule has 0 bridgehead atoms. The average molecular weight is 220 g/mol. The van der Waals surface area contributed by atoms with Crippen molar-refractivity contribution < 1.29 is 9.84 Å². The number of hydrogen-bond acceptors (Lipinski definition) is 2. The minimum Gasteiger partial charge on any atom is -0.493 e. The van der Waals surface area contributed by atoms with Crippen LogP contribution in [0.1, 0.15) is 31.7 Å². The third kappa shape index (κ3) is 2.56. The van der Waals surface area contributed by atoms with Gasteiger partial charge in [-0.15, -0.1) is 0 Å². The van der Waals surface area contributed by atoms with Crippen molar-refractivity contribution in [3.05, 3.63) is 29.8 Å². The third-order valence-electron chi connectivity index (χ3n) is 3.31. The van der Waals surface area contributed by atoms with Crippen LogP contribution in [0.5, 0.6) is 5.75 Å². The van der Waals surface area contributed by atoms with Crippen LogP contribution in [0.2, 0.25) is 0 Å².